The van der Waals surface area contributed by atoms with Crippen molar-refractivity contribution in [2.75, 3.05) is 0 Å². The molecule has 0 spiro atoms. The first-order chi connectivity index (χ1) is 11.3. The molecule has 1 N–H and O–H groups in total. The number of aromatic nitrogens is 2. The van der Waals surface area contributed by atoms with Crippen molar-refractivity contribution in [3.05, 3.63) is 89.5 Å². The number of hydrogen-bond donors (Lipinski definition) is 1. The lowest BCUT2D eigenvalue weighted by Crippen LogP contribution is -1.91. The second-order valence-electron chi connectivity index (χ2n) is 5.90. The van der Waals surface area contributed by atoms with Gasteiger partial charge in [0.1, 0.15) is 5.82 Å². The maximum Gasteiger partial charge on any atom is 0.138 e. The van der Waals surface area contributed by atoms with E-state index in [-0.39, 0.29) is 0 Å². The number of imidazole rings is 1. The molecule has 0 unspecified atom stereocenters. The first kappa shape index (κ1) is 13.8. The summed E-state index contributed by atoms with van der Waals surface area (Å²) < 4.78 is 0. The van der Waals surface area contributed by atoms with Crippen LogP contribution in [0.2, 0.25) is 0 Å². The molecule has 0 atom stereocenters. The molecule has 0 saturated heterocycles. The lowest BCUT2D eigenvalue weighted by Gasteiger charge is -2.06. The lowest BCUT2D eigenvalue weighted by molar-refractivity contribution is 1.15. The summed E-state index contributed by atoms with van der Waals surface area (Å²) in [6.45, 7) is 2.16. The summed E-state index contributed by atoms with van der Waals surface area (Å²) in [5.74, 6) is 0.925. The van der Waals surface area contributed by atoms with Crippen molar-refractivity contribution >= 4 is 11.0 Å². The van der Waals surface area contributed by atoms with Gasteiger partial charge in [-0.05, 0) is 42.2 Å². The molecule has 0 amide bonds. The molecule has 0 fully saturated rings. The first-order valence-electron chi connectivity index (χ1n) is 7.88. The van der Waals surface area contributed by atoms with Crippen molar-refractivity contribution in [3.8, 4) is 11.4 Å². The molecular weight excluding hydrogens is 280 g/mol. The summed E-state index contributed by atoms with van der Waals surface area (Å²) in [6, 6.07) is 25.3. The van der Waals surface area contributed by atoms with E-state index in [0.717, 1.165) is 28.8 Å². The van der Waals surface area contributed by atoms with Crippen LogP contribution in [0.1, 0.15) is 16.7 Å². The third-order valence-electron chi connectivity index (χ3n) is 4.27. The van der Waals surface area contributed by atoms with Crippen molar-refractivity contribution in [2.24, 2.45) is 0 Å². The number of benzene rings is 3. The molecular formula is C21H18N2. The van der Waals surface area contributed by atoms with E-state index in [0.29, 0.717) is 0 Å². The molecule has 112 valence electrons. The fourth-order valence-electron chi connectivity index (χ4n) is 2.90. The number of nitrogens with one attached hydrogen (secondary N) is 1. The van der Waals surface area contributed by atoms with Crippen LogP contribution in [0.15, 0.2) is 72.8 Å². The lowest BCUT2D eigenvalue weighted by atomic mass is 10.00. The molecule has 4 aromatic rings. The number of aromatic amines is 1. The van der Waals surface area contributed by atoms with Gasteiger partial charge in [-0.1, -0.05) is 60.7 Å². The average Bonchev–Trinajstić information content (AvgIpc) is 3.02. The molecule has 2 nitrogen and oxygen atoms in total. The molecule has 2 heteroatoms. The molecule has 0 aliphatic rings. The standard InChI is InChI=1S/C21H18N2/c1-15-6-2-3-7-18(15)14-16-10-12-17(13-11-16)21-22-19-8-4-5-9-20(19)23-21/h2-13H,14H2,1H3,(H,22,23). The summed E-state index contributed by atoms with van der Waals surface area (Å²) in [4.78, 5) is 8.03. The molecule has 0 aliphatic heterocycles. The Hall–Kier alpha value is -2.87. The number of aryl methyl sites for hydroxylation is 1. The van der Waals surface area contributed by atoms with E-state index in [1.54, 1.807) is 0 Å². The van der Waals surface area contributed by atoms with E-state index in [4.69, 9.17) is 0 Å². The number of hydrogen-bond acceptors (Lipinski definition) is 1. The average molecular weight is 298 g/mol. The van der Waals surface area contributed by atoms with E-state index in [1.807, 2.05) is 18.2 Å². The van der Waals surface area contributed by atoms with Crippen LogP contribution in [0.25, 0.3) is 22.4 Å². The van der Waals surface area contributed by atoms with Crippen LogP contribution in [0.5, 0.6) is 0 Å². The van der Waals surface area contributed by atoms with Crippen molar-refractivity contribution in [1.29, 1.82) is 0 Å². The molecule has 0 saturated carbocycles. The van der Waals surface area contributed by atoms with Crippen LogP contribution in [-0.4, -0.2) is 9.97 Å². The number of fused-ring (bicyclic) bond motifs is 1. The summed E-state index contributed by atoms with van der Waals surface area (Å²) in [5.41, 5.74) is 7.24. The van der Waals surface area contributed by atoms with E-state index in [9.17, 15) is 0 Å². The zero-order chi connectivity index (χ0) is 15.6. The largest absolute Gasteiger partial charge is 0.338 e. The third kappa shape index (κ3) is 2.76. The van der Waals surface area contributed by atoms with Crippen molar-refractivity contribution < 1.29 is 0 Å². The molecule has 0 aliphatic carbocycles. The topological polar surface area (TPSA) is 28.7 Å². The Bertz CT molecular complexity index is 916. The smallest absolute Gasteiger partial charge is 0.138 e. The van der Waals surface area contributed by atoms with Crippen LogP contribution in [0.3, 0.4) is 0 Å². The van der Waals surface area contributed by atoms with Gasteiger partial charge in [-0.15, -0.1) is 0 Å². The fourth-order valence-corrected chi connectivity index (χ4v) is 2.90. The summed E-state index contributed by atoms with van der Waals surface area (Å²) in [6.07, 6.45) is 0.965. The molecule has 23 heavy (non-hydrogen) atoms. The zero-order valence-electron chi connectivity index (χ0n) is 13.1. The fraction of sp³-hybridized carbons (Fsp3) is 0.0952. The van der Waals surface area contributed by atoms with Crippen molar-refractivity contribution in [3.63, 3.8) is 0 Å². The number of nitrogens with zero attached hydrogens (tertiary/aromatic N) is 1. The molecule has 0 bridgehead atoms. The van der Waals surface area contributed by atoms with Gasteiger partial charge in [0, 0.05) is 5.56 Å². The van der Waals surface area contributed by atoms with Gasteiger partial charge in [-0.25, -0.2) is 4.98 Å². The number of rotatable bonds is 3. The molecule has 3 aromatic carbocycles. The van der Waals surface area contributed by atoms with Gasteiger partial charge >= 0.3 is 0 Å². The Labute approximate surface area is 135 Å². The summed E-state index contributed by atoms with van der Waals surface area (Å²) >= 11 is 0. The van der Waals surface area contributed by atoms with E-state index < -0.39 is 0 Å². The first-order valence-corrected chi connectivity index (χ1v) is 7.88. The minimum absolute atomic E-state index is 0.925. The van der Waals surface area contributed by atoms with E-state index in [1.165, 1.54) is 16.7 Å². The van der Waals surface area contributed by atoms with Crippen molar-refractivity contribution in [2.45, 2.75) is 13.3 Å². The van der Waals surface area contributed by atoms with E-state index >= 15 is 0 Å². The van der Waals surface area contributed by atoms with Gasteiger partial charge in [0.05, 0.1) is 11.0 Å². The summed E-state index contributed by atoms with van der Waals surface area (Å²) in [7, 11) is 0. The molecule has 4 rings (SSSR count). The Morgan fingerprint density at radius 3 is 2.35 bits per heavy atom. The zero-order valence-corrected chi connectivity index (χ0v) is 13.1. The van der Waals surface area contributed by atoms with Crippen LogP contribution in [0.4, 0.5) is 0 Å². The Kier molecular flexibility index (Phi) is 3.43. The highest BCUT2D eigenvalue weighted by molar-refractivity contribution is 5.79. The van der Waals surface area contributed by atoms with Gasteiger partial charge in [-0.3, -0.25) is 0 Å². The minimum atomic E-state index is 0.925. The molecule has 1 aromatic heterocycles. The highest BCUT2D eigenvalue weighted by Crippen LogP contribution is 2.22. The van der Waals surface area contributed by atoms with Crippen LogP contribution in [-0.2, 0) is 6.42 Å². The van der Waals surface area contributed by atoms with Crippen LogP contribution >= 0.6 is 0 Å². The SMILES string of the molecule is Cc1ccccc1Cc1ccc(-c2nc3ccccc3[nH]2)cc1. The van der Waals surface area contributed by atoms with E-state index in [2.05, 4.69) is 71.5 Å². The van der Waals surface area contributed by atoms with Crippen LogP contribution < -0.4 is 0 Å². The maximum atomic E-state index is 4.66. The molecule has 1 heterocycles. The van der Waals surface area contributed by atoms with Gasteiger partial charge in [-0.2, -0.15) is 0 Å². The Balaban J connectivity index is 1.61. The highest BCUT2D eigenvalue weighted by atomic mass is 14.9. The summed E-state index contributed by atoms with van der Waals surface area (Å²) in [5, 5.41) is 0. The number of H-pyrrole nitrogens is 1. The second kappa shape index (κ2) is 5.73. The van der Waals surface area contributed by atoms with Gasteiger partial charge < -0.3 is 4.98 Å². The van der Waals surface area contributed by atoms with Gasteiger partial charge in [0.15, 0.2) is 0 Å². The van der Waals surface area contributed by atoms with Crippen molar-refractivity contribution in [1.82, 2.24) is 9.97 Å². The number of para-hydroxylation sites is 2. The monoisotopic (exact) mass is 298 g/mol. The predicted molar refractivity (Wildman–Crippen MR) is 95.5 cm³/mol. The molecule has 0 radical (unpaired) electrons. The quantitative estimate of drug-likeness (QED) is 0.558. The maximum absolute atomic E-state index is 4.66. The third-order valence-corrected chi connectivity index (χ3v) is 4.27. The van der Waals surface area contributed by atoms with Crippen LogP contribution in [0, 0.1) is 6.92 Å². The van der Waals surface area contributed by atoms with Gasteiger partial charge in [0.25, 0.3) is 0 Å². The highest BCUT2D eigenvalue weighted by Gasteiger charge is 2.05. The van der Waals surface area contributed by atoms with Gasteiger partial charge in [0.2, 0.25) is 0 Å². The minimum Gasteiger partial charge on any atom is -0.338 e. The normalized spacial score (nSPS) is 11.0. The Morgan fingerprint density at radius 2 is 1.57 bits per heavy atom. The Morgan fingerprint density at radius 1 is 0.826 bits per heavy atom. The predicted octanol–water partition coefficient (Wildman–Crippen LogP) is 5.13. The second-order valence-corrected chi connectivity index (χ2v) is 5.90.